The van der Waals surface area contributed by atoms with Gasteiger partial charge in [0.05, 0.1) is 0 Å². The number of allylic oxidation sites excluding steroid dienone is 5. The average molecular weight is 365 g/mol. The molecule has 0 N–H and O–H groups in total. The number of amides is 1. The van der Waals surface area contributed by atoms with Crippen molar-refractivity contribution in [2.75, 3.05) is 24.5 Å². The molecule has 0 spiro atoms. The summed E-state index contributed by atoms with van der Waals surface area (Å²) < 4.78 is 0. The zero-order valence-corrected chi connectivity index (χ0v) is 16.5. The summed E-state index contributed by atoms with van der Waals surface area (Å²) in [6.45, 7) is 12.6. The van der Waals surface area contributed by atoms with Crippen LogP contribution in [-0.4, -0.2) is 36.5 Å². The van der Waals surface area contributed by atoms with Gasteiger partial charge < -0.3 is 9.80 Å². The highest BCUT2D eigenvalue weighted by molar-refractivity contribution is 5.93. The van der Waals surface area contributed by atoms with Gasteiger partial charge in [-0.25, -0.2) is 0 Å². The monoisotopic (exact) mass is 364 g/mol. The van der Waals surface area contributed by atoms with Gasteiger partial charge in [-0.15, -0.1) is 0 Å². The molecule has 3 heteroatoms. The summed E-state index contributed by atoms with van der Waals surface area (Å²) in [5.74, 6) is 0.213. The van der Waals surface area contributed by atoms with Crippen LogP contribution in [0.4, 0.5) is 5.69 Å². The van der Waals surface area contributed by atoms with Gasteiger partial charge in [-0.05, 0) is 37.0 Å². The third-order valence-electron chi connectivity index (χ3n) is 5.02. The van der Waals surface area contributed by atoms with E-state index in [2.05, 4.69) is 30.2 Å². The van der Waals surface area contributed by atoms with Crippen molar-refractivity contribution in [3.63, 3.8) is 0 Å². The van der Waals surface area contributed by atoms with Crippen LogP contribution in [0.5, 0.6) is 0 Å². The van der Waals surface area contributed by atoms with Gasteiger partial charge in [0, 0.05) is 37.8 Å². The third-order valence-corrected chi connectivity index (χ3v) is 5.02. The molecule has 27 heavy (non-hydrogen) atoms. The van der Waals surface area contributed by atoms with Gasteiger partial charge in [0.25, 0.3) is 0 Å². The largest absolute Gasteiger partial charge is 0.309 e. The fourth-order valence-corrected chi connectivity index (χ4v) is 3.57. The first-order valence-electron chi connectivity index (χ1n) is 9.89. The SMILES string of the molecule is C=C/C=C\C(=C/C=C)CCN1CCC(N(C(=O)CC)c2ccccc2)CC1. The van der Waals surface area contributed by atoms with Gasteiger partial charge in [-0.2, -0.15) is 0 Å². The highest BCUT2D eigenvalue weighted by Gasteiger charge is 2.28. The number of hydrogen-bond donors (Lipinski definition) is 0. The summed E-state index contributed by atoms with van der Waals surface area (Å²) in [6, 6.07) is 10.4. The first-order chi connectivity index (χ1) is 13.2. The van der Waals surface area contributed by atoms with Crippen molar-refractivity contribution >= 4 is 11.6 Å². The van der Waals surface area contributed by atoms with Gasteiger partial charge in [0.2, 0.25) is 5.91 Å². The summed E-state index contributed by atoms with van der Waals surface area (Å²) in [5, 5.41) is 0. The second kappa shape index (κ2) is 11.3. The van der Waals surface area contributed by atoms with E-state index < -0.39 is 0 Å². The Labute approximate surface area is 164 Å². The maximum atomic E-state index is 12.6. The van der Waals surface area contributed by atoms with Crippen molar-refractivity contribution < 1.29 is 4.79 Å². The molecule has 1 aliphatic rings. The minimum atomic E-state index is 0.213. The Hall–Kier alpha value is -2.39. The molecule has 1 heterocycles. The van der Waals surface area contributed by atoms with E-state index in [0.29, 0.717) is 12.5 Å². The molecular formula is C24H32N2O. The molecule has 1 aromatic rings. The van der Waals surface area contributed by atoms with Crippen LogP contribution in [0.25, 0.3) is 0 Å². The Morgan fingerprint density at radius 1 is 1.19 bits per heavy atom. The fraction of sp³-hybridized carbons (Fsp3) is 0.375. The first kappa shape index (κ1) is 20.9. The van der Waals surface area contributed by atoms with Crippen molar-refractivity contribution in [2.45, 2.75) is 38.6 Å². The van der Waals surface area contributed by atoms with Crippen LogP contribution in [0, 0.1) is 0 Å². The Morgan fingerprint density at radius 2 is 1.89 bits per heavy atom. The van der Waals surface area contributed by atoms with E-state index in [1.807, 2.05) is 54.3 Å². The lowest BCUT2D eigenvalue weighted by Gasteiger charge is -2.38. The number of anilines is 1. The van der Waals surface area contributed by atoms with Gasteiger partial charge in [0.15, 0.2) is 0 Å². The number of rotatable bonds is 9. The topological polar surface area (TPSA) is 23.6 Å². The highest BCUT2D eigenvalue weighted by Crippen LogP contribution is 2.25. The Bertz CT molecular complexity index is 667. The highest BCUT2D eigenvalue weighted by atomic mass is 16.2. The molecule has 2 rings (SSSR count). The summed E-state index contributed by atoms with van der Waals surface area (Å²) in [5.41, 5.74) is 2.28. The van der Waals surface area contributed by atoms with Gasteiger partial charge in [-0.3, -0.25) is 4.79 Å². The fourth-order valence-electron chi connectivity index (χ4n) is 3.57. The average Bonchev–Trinajstić information content (AvgIpc) is 2.72. The van der Waals surface area contributed by atoms with E-state index in [1.54, 1.807) is 6.08 Å². The van der Waals surface area contributed by atoms with E-state index in [4.69, 9.17) is 0 Å². The molecule has 0 atom stereocenters. The zero-order valence-electron chi connectivity index (χ0n) is 16.5. The van der Waals surface area contributed by atoms with Crippen LogP contribution in [-0.2, 0) is 4.79 Å². The van der Waals surface area contributed by atoms with Crippen LogP contribution in [0.3, 0.4) is 0 Å². The molecule has 0 unspecified atom stereocenters. The van der Waals surface area contributed by atoms with Crippen molar-refractivity contribution in [3.05, 3.63) is 79.4 Å². The second-order valence-electron chi connectivity index (χ2n) is 6.85. The number of nitrogens with zero attached hydrogens (tertiary/aromatic N) is 2. The summed E-state index contributed by atoms with van der Waals surface area (Å²) >= 11 is 0. The number of para-hydroxylation sites is 1. The Balaban J connectivity index is 1.93. The molecule has 1 aliphatic heterocycles. The lowest BCUT2D eigenvalue weighted by Crippen LogP contribution is -2.47. The smallest absolute Gasteiger partial charge is 0.226 e. The standard InChI is InChI=1S/C24H32N2O/c1-4-7-12-21(11-5-2)15-18-25-19-16-23(17-20-25)26(24(27)6-3)22-13-9-8-10-14-22/h4-5,7-14,23H,1-2,6,15-20H2,3H3/b12-7-,21-11+. The maximum absolute atomic E-state index is 12.6. The van der Waals surface area contributed by atoms with Crippen molar-refractivity contribution in [1.82, 2.24) is 4.90 Å². The quantitative estimate of drug-likeness (QED) is 0.567. The van der Waals surface area contributed by atoms with Crippen molar-refractivity contribution in [3.8, 4) is 0 Å². The molecule has 1 amide bonds. The number of carbonyl (C=O) groups excluding carboxylic acids is 1. The number of carbonyl (C=O) groups is 1. The van der Waals surface area contributed by atoms with Crippen LogP contribution in [0.2, 0.25) is 0 Å². The summed E-state index contributed by atoms with van der Waals surface area (Å²) in [4.78, 5) is 17.1. The molecule has 1 fully saturated rings. The number of hydrogen-bond acceptors (Lipinski definition) is 2. The first-order valence-corrected chi connectivity index (χ1v) is 9.89. The van der Waals surface area contributed by atoms with Gasteiger partial charge in [0.1, 0.15) is 0 Å². The predicted molar refractivity (Wildman–Crippen MR) is 116 cm³/mol. The number of benzene rings is 1. The molecule has 0 aliphatic carbocycles. The van der Waals surface area contributed by atoms with E-state index in [9.17, 15) is 4.79 Å². The summed E-state index contributed by atoms with van der Waals surface area (Å²) in [6.07, 6.45) is 13.3. The minimum Gasteiger partial charge on any atom is -0.309 e. The molecular weight excluding hydrogens is 332 g/mol. The van der Waals surface area contributed by atoms with Crippen LogP contribution in [0.15, 0.2) is 79.4 Å². The van der Waals surface area contributed by atoms with Crippen LogP contribution in [0.1, 0.15) is 32.6 Å². The summed E-state index contributed by atoms with van der Waals surface area (Å²) in [7, 11) is 0. The lowest BCUT2D eigenvalue weighted by molar-refractivity contribution is -0.119. The van der Waals surface area contributed by atoms with Gasteiger partial charge in [-0.1, -0.05) is 68.7 Å². The molecule has 1 saturated heterocycles. The molecule has 0 radical (unpaired) electrons. The Kier molecular flexibility index (Phi) is 8.79. The van der Waals surface area contributed by atoms with Crippen LogP contribution < -0.4 is 4.90 Å². The third kappa shape index (κ3) is 6.37. The second-order valence-corrected chi connectivity index (χ2v) is 6.85. The van der Waals surface area contributed by atoms with Crippen LogP contribution >= 0.6 is 0 Å². The molecule has 0 saturated carbocycles. The van der Waals surface area contributed by atoms with E-state index >= 15 is 0 Å². The molecule has 3 nitrogen and oxygen atoms in total. The van der Waals surface area contributed by atoms with Crippen molar-refractivity contribution in [1.29, 1.82) is 0 Å². The van der Waals surface area contributed by atoms with E-state index in [0.717, 1.165) is 44.6 Å². The Morgan fingerprint density at radius 3 is 2.48 bits per heavy atom. The number of piperidine rings is 1. The molecule has 1 aromatic carbocycles. The van der Waals surface area contributed by atoms with Gasteiger partial charge >= 0.3 is 0 Å². The lowest BCUT2D eigenvalue weighted by atomic mass is 10.0. The molecule has 0 bridgehead atoms. The predicted octanol–water partition coefficient (Wildman–Crippen LogP) is 5.14. The van der Waals surface area contributed by atoms with E-state index in [1.165, 1.54) is 5.57 Å². The minimum absolute atomic E-state index is 0.213. The maximum Gasteiger partial charge on any atom is 0.226 e. The van der Waals surface area contributed by atoms with Crippen molar-refractivity contribution in [2.24, 2.45) is 0 Å². The molecule has 144 valence electrons. The van der Waals surface area contributed by atoms with E-state index in [-0.39, 0.29) is 5.91 Å². The number of likely N-dealkylation sites (tertiary alicyclic amines) is 1. The normalized spacial score (nSPS) is 16.4. The molecule has 0 aromatic heterocycles. The zero-order chi connectivity index (χ0) is 19.5.